The van der Waals surface area contributed by atoms with Crippen molar-refractivity contribution in [3.63, 3.8) is 0 Å². The lowest BCUT2D eigenvalue weighted by atomic mass is 9.94. The molecule has 8 heteroatoms. The van der Waals surface area contributed by atoms with Crippen LogP contribution in [0.15, 0.2) is 36.9 Å². The number of aliphatic hydroxyl groups is 1. The molecule has 1 N–H and O–H groups in total. The largest absolute Gasteiger partial charge is 0.457 e. The predicted molar refractivity (Wildman–Crippen MR) is 84.0 cm³/mol. The summed E-state index contributed by atoms with van der Waals surface area (Å²) in [5, 5.41) is 19.3. The Hall–Kier alpha value is -2.92. The molecule has 0 saturated carbocycles. The molecule has 0 heterocycles. The van der Waals surface area contributed by atoms with Crippen LogP contribution in [-0.2, 0) is 11.5 Å². The van der Waals surface area contributed by atoms with Gasteiger partial charge in [0, 0.05) is 29.2 Å². The molecule has 2 aromatic carbocycles. The fourth-order valence-corrected chi connectivity index (χ4v) is 3.71. The number of ether oxygens (including phenoxy) is 1. The Kier molecular flexibility index (Phi) is 3.29. The number of nitrogens with zero attached hydrogens (tertiary/aromatic N) is 1. The van der Waals surface area contributed by atoms with Crippen LogP contribution in [-0.4, -0.2) is 11.0 Å². The van der Waals surface area contributed by atoms with Crippen LogP contribution < -0.4 is 4.74 Å². The minimum absolute atomic E-state index is 0.00330. The van der Waals surface area contributed by atoms with Gasteiger partial charge in [0.05, 0.1) is 11.6 Å². The van der Waals surface area contributed by atoms with Crippen LogP contribution in [0.4, 0.5) is 22.0 Å². The van der Waals surface area contributed by atoms with Gasteiger partial charge in [-0.1, -0.05) is 6.58 Å². The van der Waals surface area contributed by atoms with Crippen molar-refractivity contribution in [2.75, 3.05) is 0 Å². The van der Waals surface area contributed by atoms with Gasteiger partial charge in [0.15, 0.2) is 5.60 Å². The van der Waals surface area contributed by atoms with Gasteiger partial charge in [0.1, 0.15) is 17.3 Å². The highest BCUT2D eigenvalue weighted by Gasteiger charge is 2.78. The van der Waals surface area contributed by atoms with E-state index in [4.69, 9.17) is 10.00 Å². The minimum Gasteiger partial charge on any atom is -0.457 e. The maximum atomic E-state index is 14.3. The Morgan fingerprint density at radius 2 is 1.85 bits per heavy atom. The van der Waals surface area contributed by atoms with E-state index in [1.54, 1.807) is 6.07 Å². The lowest BCUT2D eigenvalue weighted by molar-refractivity contribution is -0.283. The van der Waals surface area contributed by atoms with Crippen molar-refractivity contribution in [3.8, 4) is 17.6 Å². The fraction of sp³-hybridized carbons (Fsp3) is 0.211. The molecule has 0 aromatic heterocycles. The maximum Gasteiger partial charge on any atom is 0.346 e. The molecule has 0 radical (unpaired) electrons. The summed E-state index contributed by atoms with van der Waals surface area (Å²) < 4.78 is 76.1. The van der Waals surface area contributed by atoms with Gasteiger partial charge in [-0.15, -0.1) is 0 Å². The first-order valence-corrected chi connectivity index (χ1v) is 7.75. The Labute approximate surface area is 149 Å². The third-order valence-corrected chi connectivity index (χ3v) is 4.88. The molecule has 27 heavy (non-hydrogen) atoms. The Morgan fingerprint density at radius 3 is 2.52 bits per heavy atom. The fourth-order valence-electron chi connectivity index (χ4n) is 3.71. The lowest BCUT2D eigenvalue weighted by Gasteiger charge is -2.30. The van der Waals surface area contributed by atoms with Crippen molar-refractivity contribution >= 4 is 5.57 Å². The number of hydrogen-bond acceptors (Lipinski definition) is 3. The number of rotatable bonds is 2. The molecule has 0 bridgehead atoms. The molecule has 138 valence electrons. The summed E-state index contributed by atoms with van der Waals surface area (Å²) >= 11 is 0. The van der Waals surface area contributed by atoms with E-state index in [2.05, 4.69) is 6.58 Å². The topological polar surface area (TPSA) is 53.2 Å². The molecule has 0 fully saturated rings. The third kappa shape index (κ3) is 2.03. The predicted octanol–water partition coefficient (Wildman–Crippen LogP) is 4.83. The van der Waals surface area contributed by atoms with E-state index < -0.39 is 40.8 Å². The van der Waals surface area contributed by atoms with Gasteiger partial charge < -0.3 is 9.84 Å². The summed E-state index contributed by atoms with van der Waals surface area (Å²) in [5.74, 6) is -10.3. The Bertz CT molecular complexity index is 1060. The lowest BCUT2D eigenvalue weighted by Crippen LogP contribution is -2.47. The molecule has 0 aliphatic heterocycles. The molecule has 0 saturated heterocycles. The minimum atomic E-state index is -4.72. The monoisotopic (exact) mass is 379 g/mol. The van der Waals surface area contributed by atoms with E-state index in [1.165, 1.54) is 6.07 Å². The highest BCUT2D eigenvalue weighted by atomic mass is 19.3. The Morgan fingerprint density at radius 1 is 1.15 bits per heavy atom. The summed E-state index contributed by atoms with van der Waals surface area (Å²) in [5.41, 5.74) is -4.93. The van der Waals surface area contributed by atoms with Crippen LogP contribution in [0.2, 0.25) is 0 Å². The summed E-state index contributed by atoms with van der Waals surface area (Å²) in [7, 11) is 0. The van der Waals surface area contributed by atoms with Gasteiger partial charge >= 0.3 is 11.8 Å². The summed E-state index contributed by atoms with van der Waals surface area (Å²) in [4.78, 5) is 0. The van der Waals surface area contributed by atoms with Crippen LogP contribution in [0, 0.1) is 17.1 Å². The average Bonchev–Trinajstić information content (AvgIpc) is 2.92. The van der Waals surface area contributed by atoms with Crippen molar-refractivity contribution in [2.24, 2.45) is 0 Å². The summed E-state index contributed by atoms with van der Waals surface area (Å²) in [6, 6.07) is 6.65. The van der Waals surface area contributed by atoms with Crippen LogP contribution in [0.1, 0.15) is 28.7 Å². The first kappa shape index (κ1) is 17.5. The van der Waals surface area contributed by atoms with Gasteiger partial charge in [0.25, 0.3) is 0 Å². The van der Waals surface area contributed by atoms with Crippen LogP contribution in [0.25, 0.3) is 5.57 Å². The zero-order valence-corrected chi connectivity index (χ0v) is 13.5. The number of nitriles is 1. The molecular formula is C19H10F5NO2. The van der Waals surface area contributed by atoms with Gasteiger partial charge in [-0.3, -0.25) is 0 Å². The second-order valence-electron chi connectivity index (χ2n) is 6.54. The molecule has 0 amide bonds. The average molecular weight is 379 g/mol. The molecule has 1 unspecified atom stereocenters. The zero-order chi connectivity index (χ0) is 19.8. The Balaban J connectivity index is 1.90. The summed E-state index contributed by atoms with van der Waals surface area (Å²) in [6.07, 6.45) is -0.787. The van der Waals surface area contributed by atoms with Crippen LogP contribution >= 0.6 is 0 Å². The van der Waals surface area contributed by atoms with E-state index in [0.29, 0.717) is 0 Å². The molecular weight excluding hydrogens is 369 g/mol. The SMILES string of the molecule is C=C1CC2(O)c3c(ccc(Oc4cc(F)cc(C#N)c4)c31)C(F)(F)C2(F)F. The van der Waals surface area contributed by atoms with Crippen molar-refractivity contribution in [1.82, 2.24) is 0 Å². The van der Waals surface area contributed by atoms with Gasteiger partial charge in [0.2, 0.25) is 0 Å². The molecule has 3 nitrogen and oxygen atoms in total. The molecule has 2 aliphatic carbocycles. The number of alkyl halides is 4. The number of benzene rings is 2. The van der Waals surface area contributed by atoms with E-state index in [9.17, 15) is 27.1 Å². The molecule has 1 atom stereocenters. The summed E-state index contributed by atoms with van der Waals surface area (Å²) in [6.45, 7) is 3.59. The second kappa shape index (κ2) is 5.08. The molecule has 4 rings (SSSR count). The van der Waals surface area contributed by atoms with E-state index in [0.717, 1.165) is 24.3 Å². The number of hydrogen-bond donors (Lipinski definition) is 1. The maximum absolute atomic E-state index is 14.3. The van der Waals surface area contributed by atoms with Gasteiger partial charge in [-0.25, -0.2) is 4.39 Å². The van der Waals surface area contributed by atoms with Crippen molar-refractivity contribution in [2.45, 2.75) is 23.9 Å². The highest BCUT2D eigenvalue weighted by Crippen LogP contribution is 2.68. The number of halogens is 5. The first-order chi connectivity index (χ1) is 12.5. The first-order valence-electron chi connectivity index (χ1n) is 7.75. The standard InChI is InChI=1S/C19H10F5NO2/c1-9-7-17(26)16-13(18(21,22)19(17,23)24)2-3-14(15(9)16)27-12-5-10(8-25)4-11(20)6-12/h2-6,26H,1,7H2. The van der Waals surface area contributed by atoms with Gasteiger partial charge in [-0.05, 0) is 29.8 Å². The van der Waals surface area contributed by atoms with Gasteiger partial charge in [-0.2, -0.15) is 22.8 Å². The highest BCUT2D eigenvalue weighted by molar-refractivity contribution is 5.82. The normalized spacial score (nSPS) is 23.8. The molecule has 2 aromatic rings. The van der Waals surface area contributed by atoms with Crippen LogP contribution in [0.3, 0.4) is 0 Å². The second-order valence-corrected chi connectivity index (χ2v) is 6.54. The van der Waals surface area contributed by atoms with E-state index in [1.807, 2.05) is 0 Å². The third-order valence-electron chi connectivity index (χ3n) is 4.88. The van der Waals surface area contributed by atoms with Crippen molar-refractivity contribution in [3.05, 3.63) is 65.0 Å². The smallest absolute Gasteiger partial charge is 0.346 e. The zero-order valence-electron chi connectivity index (χ0n) is 13.5. The molecule has 0 spiro atoms. The van der Waals surface area contributed by atoms with Crippen molar-refractivity contribution in [1.29, 1.82) is 5.26 Å². The van der Waals surface area contributed by atoms with E-state index in [-0.39, 0.29) is 28.2 Å². The quantitative estimate of drug-likeness (QED) is 0.760. The molecule has 2 aliphatic rings. The van der Waals surface area contributed by atoms with E-state index >= 15 is 0 Å². The van der Waals surface area contributed by atoms with Crippen LogP contribution in [0.5, 0.6) is 11.5 Å². The van der Waals surface area contributed by atoms with Crippen molar-refractivity contribution < 1.29 is 31.8 Å².